The molecule has 0 amide bonds. The van der Waals surface area contributed by atoms with Gasteiger partial charge in [0.2, 0.25) is 5.88 Å². The van der Waals surface area contributed by atoms with Crippen molar-refractivity contribution in [2.45, 2.75) is 39.5 Å². The van der Waals surface area contributed by atoms with Gasteiger partial charge in [-0.15, -0.1) is 0 Å². The van der Waals surface area contributed by atoms with Crippen LogP contribution in [0.2, 0.25) is 0 Å². The van der Waals surface area contributed by atoms with E-state index in [1.165, 1.54) is 12.1 Å². The number of aryl methyl sites for hydroxylation is 2. The van der Waals surface area contributed by atoms with Crippen LogP contribution in [0, 0.1) is 6.92 Å². The molecule has 0 saturated heterocycles. The zero-order chi connectivity index (χ0) is 16.2. The number of hydrogen-bond acceptors (Lipinski definition) is 3. The summed E-state index contributed by atoms with van der Waals surface area (Å²) in [6.07, 6.45) is -2.80. The van der Waals surface area contributed by atoms with E-state index in [2.05, 4.69) is 9.97 Å². The summed E-state index contributed by atoms with van der Waals surface area (Å²) in [5.41, 5.74) is 0.135. The van der Waals surface area contributed by atoms with Gasteiger partial charge in [-0.1, -0.05) is 25.1 Å². The van der Waals surface area contributed by atoms with Crippen LogP contribution in [0.5, 0.6) is 5.88 Å². The van der Waals surface area contributed by atoms with Crippen molar-refractivity contribution in [3.05, 3.63) is 53.0 Å². The summed E-state index contributed by atoms with van der Waals surface area (Å²) in [7, 11) is 0. The lowest BCUT2D eigenvalue weighted by Crippen LogP contribution is -2.11. The number of hydrogen-bond donors (Lipinski definition) is 0. The minimum absolute atomic E-state index is 0.0864. The first kappa shape index (κ1) is 16.3. The average molecular weight is 310 g/mol. The molecule has 1 aromatic heterocycles. The van der Waals surface area contributed by atoms with Gasteiger partial charge in [0.1, 0.15) is 12.4 Å². The molecule has 2 rings (SSSR count). The maximum atomic E-state index is 12.9. The third kappa shape index (κ3) is 4.19. The van der Waals surface area contributed by atoms with Gasteiger partial charge in [0.15, 0.2) is 0 Å². The number of aromatic nitrogens is 2. The molecule has 0 saturated carbocycles. The Morgan fingerprint density at radius 1 is 1.14 bits per heavy atom. The van der Waals surface area contributed by atoms with Crippen molar-refractivity contribution in [2.75, 3.05) is 0 Å². The van der Waals surface area contributed by atoms with E-state index < -0.39 is 11.7 Å². The number of rotatable bonds is 5. The van der Waals surface area contributed by atoms with E-state index in [1.807, 2.05) is 6.92 Å². The van der Waals surface area contributed by atoms with Crippen LogP contribution in [0.25, 0.3) is 0 Å². The fourth-order valence-corrected chi connectivity index (χ4v) is 2.08. The van der Waals surface area contributed by atoms with E-state index in [0.717, 1.165) is 18.2 Å². The second-order valence-electron chi connectivity index (χ2n) is 4.96. The molecule has 0 radical (unpaired) electrons. The molecule has 0 bridgehead atoms. The van der Waals surface area contributed by atoms with Crippen LogP contribution in [-0.2, 0) is 19.2 Å². The van der Waals surface area contributed by atoms with Crippen molar-refractivity contribution in [3.63, 3.8) is 0 Å². The number of nitrogens with zero attached hydrogens (tertiary/aromatic N) is 2. The van der Waals surface area contributed by atoms with Crippen molar-refractivity contribution in [2.24, 2.45) is 0 Å². The molecule has 0 atom stereocenters. The largest absolute Gasteiger partial charge is 0.473 e. The minimum atomic E-state index is -4.39. The minimum Gasteiger partial charge on any atom is -0.473 e. The van der Waals surface area contributed by atoms with Crippen LogP contribution in [0.4, 0.5) is 13.2 Å². The van der Waals surface area contributed by atoms with Gasteiger partial charge in [-0.25, -0.2) is 4.98 Å². The number of ether oxygens (including phenoxy) is 1. The lowest BCUT2D eigenvalue weighted by Gasteiger charge is -2.13. The molecule has 0 spiro atoms. The van der Waals surface area contributed by atoms with Gasteiger partial charge < -0.3 is 4.74 Å². The first-order valence-corrected chi connectivity index (χ1v) is 7.02. The highest BCUT2D eigenvalue weighted by atomic mass is 19.4. The third-order valence-electron chi connectivity index (χ3n) is 3.05. The number of benzene rings is 1. The fourth-order valence-electron chi connectivity index (χ4n) is 2.08. The lowest BCUT2D eigenvalue weighted by atomic mass is 10.1. The maximum absolute atomic E-state index is 12.9. The molecular weight excluding hydrogens is 293 g/mol. The maximum Gasteiger partial charge on any atom is 0.416 e. The van der Waals surface area contributed by atoms with Crippen LogP contribution in [0.1, 0.15) is 36.0 Å². The predicted octanol–water partition coefficient (Wildman–Crippen LogP) is 4.34. The summed E-state index contributed by atoms with van der Waals surface area (Å²) in [5.74, 6) is 0.939. The van der Waals surface area contributed by atoms with Crippen LogP contribution in [0.3, 0.4) is 0 Å². The predicted molar refractivity (Wildman–Crippen MR) is 76.5 cm³/mol. The van der Waals surface area contributed by atoms with E-state index >= 15 is 0 Å². The summed E-state index contributed by atoms with van der Waals surface area (Å²) in [5, 5.41) is 0. The number of alkyl halides is 3. The molecule has 0 aliphatic heterocycles. The van der Waals surface area contributed by atoms with Gasteiger partial charge in [-0.2, -0.15) is 18.2 Å². The van der Waals surface area contributed by atoms with Gasteiger partial charge >= 0.3 is 6.18 Å². The topological polar surface area (TPSA) is 35.0 Å². The summed E-state index contributed by atoms with van der Waals surface area (Å²) in [4.78, 5) is 8.48. The van der Waals surface area contributed by atoms with Crippen LogP contribution in [0.15, 0.2) is 30.3 Å². The summed E-state index contributed by atoms with van der Waals surface area (Å²) >= 11 is 0. The van der Waals surface area contributed by atoms with Crippen molar-refractivity contribution < 1.29 is 17.9 Å². The standard InChI is InChI=1S/C16H17F3N2O/c1-3-6-14-20-11(2)9-15(21-14)22-10-12-7-4-5-8-13(12)16(17,18)19/h4-5,7-9H,3,6,10H2,1-2H3. The monoisotopic (exact) mass is 310 g/mol. The summed E-state index contributed by atoms with van der Waals surface area (Å²) < 4.78 is 44.2. The summed E-state index contributed by atoms with van der Waals surface area (Å²) in [6.45, 7) is 3.63. The van der Waals surface area contributed by atoms with E-state index in [1.54, 1.807) is 19.1 Å². The van der Waals surface area contributed by atoms with Crippen molar-refractivity contribution in [3.8, 4) is 5.88 Å². The Hall–Kier alpha value is -2.11. The molecule has 0 aliphatic carbocycles. The van der Waals surface area contributed by atoms with E-state index in [0.29, 0.717) is 18.1 Å². The first-order valence-electron chi connectivity index (χ1n) is 7.02. The van der Waals surface area contributed by atoms with Gasteiger partial charge in [-0.05, 0) is 19.4 Å². The van der Waals surface area contributed by atoms with Crippen LogP contribution in [-0.4, -0.2) is 9.97 Å². The lowest BCUT2D eigenvalue weighted by molar-refractivity contribution is -0.138. The molecule has 1 heterocycles. The average Bonchev–Trinajstić information content (AvgIpc) is 2.44. The normalized spacial score (nSPS) is 11.5. The van der Waals surface area contributed by atoms with Gasteiger partial charge in [0.05, 0.1) is 5.56 Å². The Labute approximate surface area is 127 Å². The molecule has 118 valence electrons. The molecule has 1 aromatic carbocycles. The Morgan fingerprint density at radius 2 is 1.86 bits per heavy atom. The molecule has 6 heteroatoms. The van der Waals surface area contributed by atoms with Crippen LogP contribution >= 0.6 is 0 Å². The highest BCUT2D eigenvalue weighted by molar-refractivity contribution is 5.29. The molecule has 0 fully saturated rings. The Morgan fingerprint density at radius 3 is 2.55 bits per heavy atom. The zero-order valence-corrected chi connectivity index (χ0v) is 12.4. The Kier molecular flexibility index (Phi) is 5.00. The Balaban J connectivity index is 2.17. The molecule has 3 nitrogen and oxygen atoms in total. The van der Waals surface area contributed by atoms with Gasteiger partial charge in [-0.3, -0.25) is 0 Å². The molecule has 22 heavy (non-hydrogen) atoms. The van der Waals surface area contributed by atoms with Crippen molar-refractivity contribution in [1.29, 1.82) is 0 Å². The SMILES string of the molecule is CCCc1nc(C)cc(OCc2ccccc2C(F)(F)F)n1. The van der Waals surface area contributed by atoms with Gasteiger partial charge in [0, 0.05) is 23.7 Å². The first-order chi connectivity index (χ1) is 10.4. The second-order valence-corrected chi connectivity index (χ2v) is 4.96. The highest BCUT2D eigenvalue weighted by Gasteiger charge is 2.32. The molecule has 0 aliphatic rings. The van der Waals surface area contributed by atoms with E-state index in [4.69, 9.17) is 4.74 Å². The molecular formula is C16H17F3N2O. The highest BCUT2D eigenvalue weighted by Crippen LogP contribution is 2.32. The smallest absolute Gasteiger partial charge is 0.416 e. The van der Waals surface area contributed by atoms with Crippen LogP contribution < -0.4 is 4.74 Å². The second kappa shape index (κ2) is 6.77. The van der Waals surface area contributed by atoms with E-state index in [-0.39, 0.29) is 12.2 Å². The van der Waals surface area contributed by atoms with Gasteiger partial charge in [0.25, 0.3) is 0 Å². The molecule has 0 N–H and O–H groups in total. The summed E-state index contributed by atoms with van der Waals surface area (Å²) in [6, 6.07) is 6.99. The fraction of sp³-hybridized carbons (Fsp3) is 0.375. The molecule has 2 aromatic rings. The van der Waals surface area contributed by atoms with Crippen molar-refractivity contribution in [1.82, 2.24) is 9.97 Å². The van der Waals surface area contributed by atoms with Crippen molar-refractivity contribution >= 4 is 0 Å². The quantitative estimate of drug-likeness (QED) is 0.824. The Bertz CT molecular complexity index is 642. The van der Waals surface area contributed by atoms with E-state index in [9.17, 15) is 13.2 Å². The molecule has 0 unspecified atom stereocenters. The number of halogens is 3. The third-order valence-corrected chi connectivity index (χ3v) is 3.05. The zero-order valence-electron chi connectivity index (χ0n) is 12.4.